The predicted molar refractivity (Wildman–Crippen MR) is 89.2 cm³/mol. The standard InChI is InChI=1S/C17H17ClN2O4/c1-24-10-17(16(22)23)4-6-20(9-17)15(21)13-8-12(18)7-11-3-2-5-19-14(11)13/h2-3,5,7-8H,4,6,9-10H2,1H3,(H,22,23). The highest BCUT2D eigenvalue weighted by molar-refractivity contribution is 6.32. The van der Waals surface area contributed by atoms with Crippen LogP contribution in [-0.2, 0) is 9.53 Å². The van der Waals surface area contributed by atoms with Crippen LogP contribution in [0.5, 0.6) is 0 Å². The average molecular weight is 349 g/mol. The Morgan fingerprint density at radius 1 is 1.46 bits per heavy atom. The monoisotopic (exact) mass is 348 g/mol. The molecule has 2 heterocycles. The molecular weight excluding hydrogens is 332 g/mol. The van der Waals surface area contributed by atoms with E-state index in [0.717, 1.165) is 5.39 Å². The summed E-state index contributed by atoms with van der Waals surface area (Å²) in [6.07, 6.45) is 1.97. The van der Waals surface area contributed by atoms with Gasteiger partial charge in [0, 0.05) is 36.8 Å². The summed E-state index contributed by atoms with van der Waals surface area (Å²) in [5.74, 6) is -1.21. The van der Waals surface area contributed by atoms with Crippen molar-refractivity contribution in [2.24, 2.45) is 5.41 Å². The number of hydrogen-bond donors (Lipinski definition) is 1. The molecule has 1 aliphatic rings. The molecule has 1 fully saturated rings. The van der Waals surface area contributed by atoms with Crippen molar-refractivity contribution in [2.45, 2.75) is 6.42 Å². The fourth-order valence-electron chi connectivity index (χ4n) is 3.17. The van der Waals surface area contributed by atoms with Gasteiger partial charge >= 0.3 is 5.97 Å². The molecule has 0 aliphatic carbocycles. The molecule has 126 valence electrons. The third-order valence-electron chi connectivity index (χ3n) is 4.42. The Labute approximate surface area is 144 Å². The van der Waals surface area contributed by atoms with Gasteiger partial charge in [-0.1, -0.05) is 17.7 Å². The zero-order valence-corrected chi connectivity index (χ0v) is 13.9. The second-order valence-corrected chi connectivity index (χ2v) is 6.46. The molecule has 2 aromatic rings. The summed E-state index contributed by atoms with van der Waals surface area (Å²) in [5.41, 5.74) is -0.116. The number of halogens is 1. The summed E-state index contributed by atoms with van der Waals surface area (Å²) in [4.78, 5) is 30.4. The molecule has 3 rings (SSSR count). The van der Waals surface area contributed by atoms with Crippen molar-refractivity contribution in [1.29, 1.82) is 0 Å². The molecule has 1 aromatic heterocycles. The number of fused-ring (bicyclic) bond motifs is 1. The molecule has 0 spiro atoms. The number of likely N-dealkylation sites (tertiary alicyclic amines) is 1. The molecule has 1 unspecified atom stereocenters. The molecule has 7 heteroatoms. The number of aromatic nitrogens is 1. The SMILES string of the molecule is COCC1(C(=O)O)CCN(C(=O)c2cc(Cl)cc3cccnc23)C1. The molecule has 1 saturated heterocycles. The lowest BCUT2D eigenvalue weighted by molar-refractivity contribution is -0.151. The summed E-state index contributed by atoms with van der Waals surface area (Å²) < 4.78 is 5.06. The molecule has 1 aliphatic heterocycles. The van der Waals surface area contributed by atoms with Crippen molar-refractivity contribution in [3.63, 3.8) is 0 Å². The number of amides is 1. The smallest absolute Gasteiger partial charge is 0.313 e. The average Bonchev–Trinajstić information content (AvgIpc) is 2.99. The molecule has 1 aromatic carbocycles. The number of carbonyl (C=O) groups is 2. The minimum absolute atomic E-state index is 0.0701. The van der Waals surface area contributed by atoms with Crippen LogP contribution in [0.3, 0.4) is 0 Å². The topological polar surface area (TPSA) is 79.7 Å². The molecule has 1 N–H and O–H groups in total. The zero-order chi connectivity index (χ0) is 17.3. The minimum Gasteiger partial charge on any atom is -0.481 e. The number of carbonyl (C=O) groups excluding carboxylic acids is 1. The number of carboxylic acid groups (broad SMARTS) is 1. The molecule has 24 heavy (non-hydrogen) atoms. The van der Waals surface area contributed by atoms with Crippen molar-refractivity contribution in [3.05, 3.63) is 41.0 Å². The first-order valence-electron chi connectivity index (χ1n) is 7.53. The fraction of sp³-hybridized carbons (Fsp3) is 0.353. The molecule has 1 atom stereocenters. The summed E-state index contributed by atoms with van der Waals surface area (Å²) in [5, 5.41) is 10.7. The summed E-state index contributed by atoms with van der Waals surface area (Å²) >= 11 is 6.12. The van der Waals surface area contributed by atoms with E-state index in [1.54, 1.807) is 24.4 Å². The second-order valence-electron chi connectivity index (χ2n) is 6.02. The highest BCUT2D eigenvalue weighted by Crippen LogP contribution is 2.33. The van der Waals surface area contributed by atoms with Crippen LogP contribution in [-0.4, -0.2) is 53.7 Å². The lowest BCUT2D eigenvalue weighted by Crippen LogP contribution is -2.40. The molecular formula is C17H17ClN2O4. The largest absolute Gasteiger partial charge is 0.481 e. The van der Waals surface area contributed by atoms with Gasteiger partial charge in [-0.15, -0.1) is 0 Å². The van der Waals surface area contributed by atoms with Gasteiger partial charge in [-0.2, -0.15) is 0 Å². The van der Waals surface area contributed by atoms with Gasteiger partial charge in [0.2, 0.25) is 0 Å². The Morgan fingerprint density at radius 3 is 2.96 bits per heavy atom. The van der Waals surface area contributed by atoms with E-state index < -0.39 is 11.4 Å². The van der Waals surface area contributed by atoms with Gasteiger partial charge in [0.05, 0.1) is 17.7 Å². The van der Waals surface area contributed by atoms with E-state index in [1.807, 2.05) is 6.07 Å². The molecule has 1 amide bonds. The number of hydrogen-bond acceptors (Lipinski definition) is 4. The van der Waals surface area contributed by atoms with E-state index in [-0.39, 0.29) is 19.1 Å². The lowest BCUT2D eigenvalue weighted by atomic mass is 9.88. The van der Waals surface area contributed by atoms with Gasteiger partial charge in [0.15, 0.2) is 0 Å². The quantitative estimate of drug-likeness (QED) is 0.918. The molecule has 0 bridgehead atoms. The van der Waals surface area contributed by atoms with Crippen molar-refractivity contribution in [3.8, 4) is 0 Å². The summed E-state index contributed by atoms with van der Waals surface area (Å²) in [7, 11) is 1.46. The minimum atomic E-state index is -1.06. The van der Waals surface area contributed by atoms with E-state index >= 15 is 0 Å². The van der Waals surface area contributed by atoms with E-state index in [4.69, 9.17) is 16.3 Å². The maximum atomic E-state index is 12.9. The normalized spacial score (nSPS) is 20.5. The van der Waals surface area contributed by atoms with E-state index in [9.17, 15) is 14.7 Å². The Hall–Kier alpha value is -2.18. The van der Waals surface area contributed by atoms with Gasteiger partial charge in [-0.05, 0) is 24.6 Å². The number of benzene rings is 1. The van der Waals surface area contributed by atoms with Crippen LogP contribution in [0.25, 0.3) is 10.9 Å². The number of aliphatic carboxylic acids is 1. The van der Waals surface area contributed by atoms with Gasteiger partial charge < -0.3 is 14.7 Å². The molecule has 6 nitrogen and oxygen atoms in total. The number of carboxylic acids is 1. The Kier molecular flexibility index (Phi) is 4.43. The number of ether oxygens (including phenoxy) is 1. The zero-order valence-electron chi connectivity index (χ0n) is 13.2. The van der Waals surface area contributed by atoms with E-state index in [1.165, 1.54) is 12.0 Å². The van der Waals surface area contributed by atoms with Crippen molar-refractivity contribution >= 4 is 34.4 Å². The van der Waals surface area contributed by atoms with Gasteiger partial charge in [0.25, 0.3) is 5.91 Å². The van der Waals surface area contributed by atoms with Crippen molar-refractivity contribution in [2.75, 3.05) is 26.8 Å². The van der Waals surface area contributed by atoms with Gasteiger partial charge in [-0.25, -0.2) is 0 Å². The fourth-order valence-corrected chi connectivity index (χ4v) is 3.39. The molecule has 0 saturated carbocycles. The van der Waals surface area contributed by atoms with Crippen LogP contribution in [0.2, 0.25) is 5.02 Å². The maximum absolute atomic E-state index is 12.9. The summed E-state index contributed by atoms with van der Waals surface area (Å²) in [6, 6.07) is 6.94. The van der Waals surface area contributed by atoms with Crippen LogP contribution in [0, 0.1) is 5.41 Å². The first kappa shape index (κ1) is 16.7. The first-order valence-corrected chi connectivity index (χ1v) is 7.90. The Balaban J connectivity index is 1.95. The lowest BCUT2D eigenvalue weighted by Gasteiger charge is -2.24. The Bertz CT molecular complexity index is 810. The summed E-state index contributed by atoms with van der Waals surface area (Å²) in [6.45, 7) is 0.534. The van der Waals surface area contributed by atoms with Gasteiger partial charge in [-0.3, -0.25) is 14.6 Å². The third kappa shape index (κ3) is 2.83. The van der Waals surface area contributed by atoms with Gasteiger partial charge in [0.1, 0.15) is 5.41 Å². The second kappa shape index (κ2) is 6.37. The first-order chi connectivity index (χ1) is 11.5. The third-order valence-corrected chi connectivity index (χ3v) is 4.63. The maximum Gasteiger partial charge on any atom is 0.313 e. The van der Waals surface area contributed by atoms with Crippen LogP contribution >= 0.6 is 11.6 Å². The van der Waals surface area contributed by atoms with Crippen LogP contribution < -0.4 is 0 Å². The van der Waals surface area contributed by atoms with Crippen molar-refractivity contribution in [1.82, 2.24) is 9.88 Å². The Morgan fingerprint density at radius 2 is 2.25 bits per heavy atom. The number of pyridine rings is 1. The highest BCUT2D eigenvalue weighted by Gasteiger charge is 2.46. The van der Waals surface area contributed by atoms with Crippen LogP contribution in [0.1, 0.15) is 16.8 Å². The van der Waals surface area contributed by atoms with Crippen molar-refractivity contribution < 1.29 is 19.4 Å². The number of rotatable bonds is 4. The van der Waals surface area contributed by atoms with E-state index in [0.29, 0.717) is 29.1 Å². The van der Waals surface area contributed by atoms with Crippen LogP contribution in [0.4, 0.5) is 0 Å². The van der Waals surface area contributed by atoms with E-state index in [2.05, 4.69) is 4.98 Å². The number of nitrogens with zero attached hydrogens (tertiary/aromatic N) is 2. The predicted octanol–water partition coefficient (Wildman–Crippen LogP) is 2.45. The highest BCUT2D eigenvalue weighted by atomic mass is 35.5. The molecule has 0 radical (unpaired) electrons. The van der Waals surface area contributed by atoms with Crippen LogP contribution in [0.15, 0.2) is 30.5 Å². The number of methoxy groups -OCH3 is 1.